The van der Waals surface area contributed by atoms with E-state index < -0.39 is 23.2 Å². The highest BCUT2D eigenvalue weighted by atomic mass is 16.4. The SMILES string of the molecule is CN(C)Cc1ccccc1NC(=O)C1C(C(=O)O)C1(C)C. The molecule has 0 bridgehead atoms. The number of amides is 1. The van der Waals surface area contributed by atoms with E-state index in [2.05, 4.69) is 5.32 Å². The summed E-state index contributed by atoms with van der Waals surface area (Å²) >= 11 is 0. The maximum atomic E-state index is 12.4. The van der Waals surface area contributed by atoms with Gasteiger partial charge in [-0.05, 0) is 31.1 Å². The van der Waals surface area contributed by atoms with Gasteiger partial charge in [-0.25, -0.2) is 0 Å². The molecule has 5 heteroatoms. The Morgan fingerprint density at radius 1 is 1.24 bits per heavy atom. The van der Waals surface area contributed by atoms with Gasteiger partial charge in [0.25, 0.3) is 0 Å². The van der Waals surface area contributed by atoms with Gasteiger partial charge in [0, 0.05) is 12.2 Å². The van der Waals surface area contributed by atoms with E-state index in [1.54, 1.807) is 0 Å². The fourth-order valence-electron chi connectivity index (χ4n) is 2.92. The number of rotatable bonds is 5. The normalized spacial score (nSPS) is 22.9. The van der Waals surface area contributed by atoms with Crippen molar-refractivity contribution in [3.63, 3.8) is 0 Å². The molecule has 2 atom stereocenters. The number of anilines is 1. The second-order valence-corrected chi connectivity index (χ2v) is 6.50. The Hall–Kier alpha value is -1.88. The predicted octanol–water partition coefficient (Wildman–Crippen LogP) is 2.04. The fraction of sp³-hybridized carbons (Fsp3) is 0.500. The number of carbonyl (C=O) groups excluding carboxylic acids is 1. The van der Waals surface area contributed by atoms with Crippen LogP contribution in [0.5, 0.6) is 0 Å². The Morgan fingerprint density at radius 3 is 2.38 bits per heavy atom. The number of nitrogens with zero attached hydrogens (tertiary/aromatic N) is 1. The topological polar surface area (TPSA) is 69.6 Å². The zero-order valence-corrected chi connectivity index (χ0v) is 12.9. The van der Waals surface area contributed by atoms with Crippen LogP contribution in [0.4, 0.5) is 5.69 Å². The standard InChI is InChI=1S/C16H22N2O3/c1-16(2)12(13(16)15(20)21)14(19)17-11-8-6-5-7-10(11)9-18(3)4/h5-8,12-13H,9H2,1-4H3,(H,17,19)(H,20,21). The first-order valence-corrected chi connectivity index (χ1v) is 7.01. The number of para-hydroxylation sites is 1. The molecule has 1 fully saturated rings. The van der Waals surface area contributed by atoms with Crippen molar-refractivity contribution in [3.05, 3.63) is 29.8 Å². The molecule has 1 amide bonds. The van der Waals surface area contributed by atoms with E-state index in [0.717, 1.165) is 11.3 Å². The molecule has 0 heterocycles. The van der Waals surface area contributed by atoms with E-state index in [1.165, 1.54) is 0 Å². The molecule has 0 aromatic heterocycles. The molecule has 1 aliphatic carbocycles. The molecule has 1 aromatic rings. The number of carboxylic acid groups (broad SMARTS) is 1. The van der Waals surface area contributed by atoms with Gasteiger partial charge < -0.3 is 15.3 Å². The van der Waals surface area contributed by atoms with Crippen molar-refractivity contribution in [2.45, 2.75) is 20.4 Å². The van der Waals surface area contributed by atoms with Gasteiger partial charge in [-0.15, -0.1) is 0 Å². The van der Waals surface area contributed by atoms with Crippen LogP contribution in [0, 0.1) is 17.3 Å². The van der Waals surface area contributed by atoms with Gasteiger partial charge in [0.1, 0.15) is 0 Å². The first kappa shape index (κ1) is 15.5. The van der Waals surface area contributed by atoms with Gasteiger partial charge in [-0.3, -0.25) is 9.59 Å². The summed E-state index contributed by atoms with van der Waals surface area (Å²) in [5.74, 6) is -2.18. The van der Waals surface area contributed by atoms with Crippen molar-refractivity contribution in [2.75, 3.05) is 19.4 Å². The lowest BCUT2D eigenvalue weighted by Gasteiger charge is -2.15. The quantitative estimate of drug-likeness (QED) is 0.870. The Labute approximate surface area is 125 Å². The van der Waals surface area contributed by atoms with E-state index >= 15 is 0 Å². The molecule has 2 rings (SSSR count). The van der Waals surface area contributed by atoms with E-state index in [4.69, 9.17) is 5.11 Å². The van der Waals surface area contributed by atoms with Crippen molar-refractivity contribution in [1.29, 1.82) is 0 Å². The molecule has 0 spiro atoms. The molecular formula is C16H22N2O3. The molecule has 2 N–H and O–H groups in total. The molecular weight excluding hydrogens is 268 g/mol. The van der Waals surface area contributed by atoms with Crippen LogP contribution >= 0.6 is 0 Å². The number of nitrogens with one attached hydrogen (secondary N) is 1. The average Bonchev–Trinajstić information content (AvgIpc) is 2.94. The number of aliphatic carboxylic acids is 1. The molecule has 5 nitrogen and oxygen atoms in total. The summed E-state index contributed by atoms with van der Waals surface area (Å²) < 4.78 is 0. The maximum Gasteiger partial charge on any atom is 0.307 e. The molecule has 0 aliphatic heterocycles. The highest BCUT2D eigenvalue weighted by Crippen LogP contribution is 2.58. The van der Waals surface area contributed by atoms with Crippen LogP contribution < -0.4 is 5.32 Å². The monoisotopic (exact) mass is 290 g/mol. The minimum absolute atomic E-state index is 0.210. The van der Waals surface area contributed by atoms with Crippen LogP contribution in [-0.4, -0.2) is 36.0 Å². The molecule has 0 radical (unpaired) electrons. The Morgan fingerprint density at radius 2 is 1.86 bits per heavy atom. The lowest BCUT2D eigenvalue weighted by molar-refractivity contribution is -0.140. The Balaban J connectivity index is 2.13. The summed E-state index contributed by atoms with van der Waals surface area (Å²) in [4.78, 5) is 25.5. The average molecular weight is 290 g/mol. The number of carbonyl (C=O) groups is 2. The van der Waals surface area contributed by atoms with Crippen LogP contribution in [0.25, 0.3) is 0 Å². The summed E-state index contributed by atoms with van der Waals surface area (Å²) in [5.41, 5.74) is 1.29. The highest BCUT2D eigenvalue weighted by molar-refractivity contribution is 6.00. The van der Waals surface area contributed by atoms with Gasteiger partial charge in [-0.2, -0.15) is 0 Å². The number of carboxylic acids is 1. The molecule has 1 saturated carbocycles. The summed E-state index contributed by atoms with van der Waals surface area (Å²) in [5, 5.41) is 12.1. The maximum absolute atomic E-state index is 12.4. The number of hydrogen-bond donors (Lipinski definition) is 2. The minimum Gasteiger partial charge on any atom is -0.481 e. The van der Waals surface area contributed by atoms with E-state index in [1.807, 2.05) is 57.1 Å². The van der Waals surface area contributed by atoms with Crippen LogP contribution in [0.1, 0.15) is 19.4 Å². The first-order valence-electron chi connectivity index (χ1n) is 7.01. The first-order chi connectivity index (χ1) is 9.75. The Kier molecular flexibility index (Phi) is 4.05. The molecule has 2 unspecified atom stereocenters. The second kappa shape index (κ2) is 5.48. The van der Waals surface area contributed by atoms with Gasteiger partial charge >= 0.3 is 5.97 Å². The third-order valence-corrected chi connectivity index (χ3v) is 4.14. The largest absolute Gasteiger partial charge is 0.481 e. The van der Waals surface area contributed by atoms with Crippen LogP contribution in [0.15, 0.2) is 24.3 Å². The molecule has 1 aliphatic rings. The summed E-state index contributed by atoms with van der Waals surface area (Å²) in [6.45, 7) is 4.36. The zero-order valence-electron chi connectivity index (χ0n) is 12.9. The van der Waals surface area contributed by atoms with E-state index in [-0.39, 0.29) is 5.91 Å². The third kappa shape index (κ3) is 3.08. The van der Waals surface area contributed by atoms with Crippen LogP contribution in [0.2, 0.25) is 0 Å². The van der Waals surface area contributed by atoms with Crippen molar-refractivity contribution in [1.82, 2.24) is 4.90 Å². The van der Waals surface area contributed by atoms with Crippen molar-refractivity contribution in [3.8, 4) is 0 Å². The molecule has 1 aromatic carbocycles. The van der Waals surface area contributed by atoms with Crippen molar-refractivity contribution < 1.29 is 14.7 Å². The zero-order chi connectivity index (χ0) is 15.8. The fourth-order valence-corrected chi connectivity index (χ4v) is 2.92. The van der Waals surface area contributed by atoms with Gasteiger partial charge in [-0.1, -0.05) is 32.0 Å². The van der Waals surface area contributed by atoms with Crippen LogP contribution in [-0.2, 0) is 16.1 Å². The van der Waals surface area contributed by atoms with Crippen molar-refractivity contribution >= 4 is 17.6 Å². The summed E-state index contributed by atoms with van der Waals surface area (Å²) in [7, 11) is 3.92. The molecule has 21 heavy (non-hydrogen) atoms. The smallest absolute Gasteiger partial charge is 0.307 e. The number of hydrogen-bond acceptors (Lipinski definition) is 3. The van der Waals surface area contributed by atoms with Gasteiger partial charge in [0.05, 0.1) is 11.8 Å². The minimum atomic E-state index is -0.901. The molecule has 114 valence electrons. The summed E-state index contributed by atoms with van der Waals surface area (Å²) in [6, 6.07) is 7.60. The van der Waals surface area contributed by atoms with Crippen molar-refractivity contribution in [2.24, 2.45) is 17.3 Å². The third-order valence-electron chi connectivity index (χ3n) is 4.14. The predicted molar refractivity (Wildman–Crippen MR) is 80.9 cm³/mol. The van der Waals surface area contributed by atoms with E-state index in [9.17, 15) is 9.59 Å². The lowest BCUT2D eigenvalue weighted by atomic mass is 10.1. The van der Waals surface area contributed by atoms with Gasteiger partial charge in [0.2, 0.25) is 5.91 Å². The van der Waals surface area contributed by atoms with E-state index in [0.29, 0.717) is 6.54 Å². The second-order valence-electron chi connectivity index (χ2n) is 6.50. The van der Waals surface area contributed by atoms with Gasteiger partial charge in [0.15, 0.2) is 0 Å². The number of benzene rings is 1. The highest BCUT2D eigenvalue weighted by Gasteiger charge is 2.65. The lowest BCUT2D eigenvalue weighted by Crippen LogP contribution is -2.20. The molecule has 0 saturated heterocycles. The van der Waals surface area contributed by atoms with Crippen LogP contribution in [0.3, 0.4) is 0 Å². The Bertz CT molecular complexity index is 566. The summed E-state index contributed by atoms with van der Waals surface area (Å²) in [6.07, 6.45) is 0.